The normalized spacial score (nSPS) is 14.3. The van der Waals surface area contributed by atoms with Crippen molar-refractivity contribution in [1.82, 2.24) is 4.90 Å². The summed E-state index contributed by atoms with van der Waals surface area (Å²) in [6.45, 7) is 0.0141. The summed E-state index contributed by atoms with van der Waals surface area (Å²) in [5.41, 5.74) is 1.55. The van der Waals surface area contributed by atoms with Crippen molar-refractivity contribution in [3.8, 4) is 11.5 Å². The molecule has 1 fully saturated rings. The van der Waals surface area contributed by atoms with Gasteiger partial charge in [0.2, 0.25) is 0 Å². The van der Waals surface area contributed by atoms with Gasteiger partial charge in [-0.15, -0.1) is 0 Å². The van der Waals surface area contributed by atoms with Gasteiger partial charge in [0, 0.05) is 12.1 Å². The molecule has 1 aliphatic rings. The first kappa shape index (κ1) is 23.7. The topological polar surface area (TPSA) is 116 Å². The summed E-state index contributed by atoms with van der Waals surface area (Å²) < 4.78 is 10.4. The number of ether oxygens (including phenoxy) is 2. The van der Waals surface area contributed by atoms with Crippen molar-refractivity contribution in [2.75, 3.05) is 7.11 Å². The molecule has 1 aliphatic heterocycles. The number of amides is 2. The van der Waals surface area contributed by atoms with Crippen LogP contribution in [0.2, 0.25) is 0 Å². The molecule has 0 unspecified atom stereocenters. The Hall–Kier alpha value is -4.44. The predicted molar refractivity (Wildman–Crippen MR) is 129 cm³/mol. The molecule has 0 aromatic heterocycles. The van der Waals surface area contributed by atoms with E-state index in [-0.39, 0.29) is 17.1 Å². The number of rotatable bonds is 7. The fourth-order valence-electron chi connectivity index (χ4n) is 3.22. The van der Waals surface area contributed by atoms with Crippen molar-refractivity contribution in [1.29, 1.82) is 0 Å². The minimum Gasteiger partial charge on any atom is -0.497 e. The van der Waals surface area contributed by atoms with E-state index in [4.69, 9.17) is 9.47 Å². The fourth-order valence-corrected chi connectivity index (χ4v) is 4.06. The number of nitrogens with zero attached hydrogens (tertiary/aromatic N) is 2. The molecule has 0 aliphatic carbocycles. The van der Waals surface area contributed by atoms with E-state index >= 15 is 0 Å². The monoisotopic (exact) mass is 490 g/mol. The number of esters is 1. The molecule has 0 bridgehead atoms. The first-order chi connectivity index (χ1) is 16.8. The van der Waals surface area contributed by atoms with Crippen LogP contribution in [0.25, 0.3) is 6.08 Å². The Morgan fingerprint density at radius 1 is 0.971 bits per heavy atom. The predicted octanol–water partition coefficient (Wildman–Crippen LogP) is 5.06. The summed E-state index contributed by atoms with van der Waals surface area (Å²) in [7, 11) is 1.54. The van der Waals surface area contributed by atoms with Crippen molar-refractivity contribution in [2.24, 2.45) is 0 Å². The van der Waals surface area contributed by atoms with Crippen LogP contribution in [-0.2, 0) is 11.3 Å². The second-order valence-corrected chi connectivity index (χ2v) is 8.37. The molecule has 0 atom stereocenters. The van der Waals surface area contributed by atoms with Crippen LogP contribution < -0.4 is 9.47 Å². The van der Waals surface area contributed by atoms with Crippen LogP contribution in [0.15, 0.2) is 77.7 Å². The van der Waals surface area contributed by atoms with Crippen molar-refractivity contribution in [2.45, 2.75) is 6.54 Å². The number of methoxy groups -OCH3 is 1. The van der Waals surface area contributed by atoms with Gasteiger partial charge in [-0.3, -0.25) is 24.6 Å². The second kappa shape index (κ2) is 10.2. The van der Waals surface area contributed by atoms with Crippen molar-refractivity contribution in [3.63, 3.8) is 0 Å². The van der Waals surface area contributed by atoms with Gasteiger partial charge in [0.15, 0.2) is 0 Å². The number of nitro groups is 1. The highest BCUT2D eigenvalue weighted by Gasteiger charge is 2.35. The van der Waals surface area contributed by atoms with E-state index in [1.54, 1.807) is 54.6 Å². The summed E-state index contributed by atoms with van der Waals surface area (Å²) in [6.07, 6.45) is 1.58. The number of hydrogen-bond donors (Lipinski definition) is 0. The van der Waals surface area contributed by atoms with Crippen molar-refractivity contribution in [3.05, 3.63) is 105 Å². The van der Waals surface area contributed by atoms with Crippen LogP contribution >= 0.6 is 11.8 Å². The van der Waals surface area contributed by atoms with Gasteiger partial charge in [0.05, 0.1) is 29.0 Å². The zero-order valence-electron chi connectivity index (χ0n) is 18.4. The molecule has 9 nitrogen and oxygen atoms in total. The molecule has 4 rings (SSSR count). The Morgan fingerprint density at radius 2 is 1.60 bits per heavy atom. The third-order valence-corrected chi connectivity index (χ3v) is 5.98. The average Bonchev–Trinajstić information content (AvgIpc) is 3.12. The Labute approximate surface area is 204 Å². The van der Waals surface area contributed by atoms with Gasteiger partial charge in [-0.25, -0.2) is 4.79 Å². The number of non-ortho nitro benzene ring substituents is 1. The molecule has 0 radical (unpaired) electrons. The zero-order valence-corrected chi connectivity index (χ0v) is 19.2. The van der Waals surface area contributed by atoms with Gasteiger partial charge in [0.25, 0.3) is 16.8 Å². The Morgan fingerprint density at radius 3 is 2.20 bits per heavy atom. The van der Waals surface area contributed by atoms with E-state index in [2.05, 4.69) is 0 Å². The van der Waals surface area contributed by atoms with E-state index in [1.165, 1.54) is 31.4 Å². The van der Waals surface area contributed by atoms with Crippen LogP contribution in [0.5, 0.6) is 11.5 Å². The highest BCUT2D eigenvalue weighted by molar-refractivity contribution is 8.18. The smallest absolute Gasteiger partial charge is 0.343 e. The number of nitro benzene ring substituents is 1. The zero-order chi connectivity index (χ0) is 24.9. The molecule has 3 aromatic rings. The molecule has 176 valence electrons. The van der Waals surface area contributed by atoms with Gasteiger partial charge in [0.1, 0.15) is 11.5 Å². The molecular formula is C25H18N2O7S. The maximum atomic E-state index is 12.7. The van der Waals surface area contributed by atoms with Crippen molar-refractivity contribution < 1.29 is 28.8 Å². The van der Waals surface area contributed by atoms with E-state index < -0.39 is 22.0 Å². The van der Waals surface area contributed by atoms with Gasteiger partial charge < -0.3 is 9.47 Å². The molecule has 0 N–H and O–H groups in total. The lowest BCUT2D eigenvalue weighted by Gasteiger charge is -2.12. The highest BCUT2D eigenvalue weighted by atomic mass is 32.2. The third kappa shape index (κ3) is 5.56. The fraction of sp³-hybridized carbons (Fsp3) is 0.0800. The molecule has 0 saturated carbocycles. The van der Waals surface area contributed by atoms with Gasteiger partial charge in [-0.05, 0) is 65.4 Å². The molecular weight excluding hydrogens is 472 g/mol. The number of carbonyl (C=O) groups excluding carboxylic acids is 3. The summed E-state index contributed by atoms with van der Waals surface area (Å²) in [6, 6.07) is 18.7. The first-order valence-electron chi connectivity index (χ1n) is 10.3. The quantitative estimate of drug-likeness (QED) is 0.148. The van der Waals surface area contributed by atoms with E-state index in [1.807, 2.05) is 0 Å². The Bertz CT molecular complexity index is 1320. The molecule has 1 saturated heterocycles. The van der Waals surface area contributed by atoms with Gasteiger partial charge in [-0.1, -0.05) is 24.3 Å². The van der Waals surface area contributed by atoms with Crippen LogP contribution in [0.4, 0.5) is 10.5 Å². The molecule has 0 spiro atoms. The summed E-state index contributed by atoms with van der Waals surface area (Å²) in [5.74, 6) is -0.0153. The van der Waals surface area contributed by atoms with Crippen molar-refractivity contribution >= 4 is 40.6 Å². The van der Waals surface area contributed by atoms with Crippen LogP contribution in [0, 0.1) is 10.1 Å². The number of thioether (sulfide) groups is 1. The number of imide groups is 1. The maximum absolute atomic E-state index is 12.7. The van der Waals surface area contributed by atoms with Gasteiger partial charge >= 0.3 is 5.97 Å². The molecule has 35 heavy (non-hydrogen) atoms. The van der Waals surface area contributed by atoms with E-state index in [9.17, 15) is 24.5 Å². The SMILES string of the molecule is COc1ccc(C(=O)Oc2ccc(/C=C3\SC(=O)N(Cc4ccc([N+](=O)[O-])cc4)C3=O)cc2)cc1. The van der Waals surface area contributed by atoms with Crippen LogP contribution in [-0.4, -0.2) is 34.0 Å². The highest BCUT2D eigenvalue weighted by Crippen LogP contribution is 2.33. The standard InChI is InChI=1S/C25H18N2O7S/c1-33-20-12-6-18(7-13-20)24(29)34-21-10-4-16(5-11-21)14-22-23(28)26(25(30)35-22)15-17-2-8-19(9-3-17)27(31)32/h2-14H,15H2,1H3/b22-14-. The lowest BCUT2D eigenvalue weighted by molar-refractivity contribution is -0.384. The largest absolute Gasteiger partial charge is 0.497 e. The number of carbonyl (C=O) groups is 3. The Kier molecular flexibility index (Phi) is 6.93. The first-order valence-corrected chi connectivity index (χ1v) is 11.1. The van der Waals surface area contributed by atoms with Crippen LogP contribution in [0.3, 0.4) is 0 Å². The minimum absolute atomic E-state index is 0.0141. The molecule has 1 heterocycles. The summed E-state index contributed by atoms with van der Waals surface area (Å²) in [4.78, 5) is 49.0. The minimum atomic E-state index is -0.521. The van der Waals surface area contributed by atoms with Gasteiger partial charge in [-0.2, -0.15) is 0 Å². The second-order valence-electron chi connectivity index (χ2n) is 7.38. The molecule has 3 aromatic carbocycles. The number of hydrogen-bond acceptors (Lipinski definition) is 8. The average molecular weight is 490 g/mol. The summed E-state index contributed by atoms with van der Waals surface area (Å²) in [5, 5.41) is 10.4. The third-order valence-electron chi connectivity index (χ3n) is 5.08. The van der Waals surface area contributed by atoms with E-state index in [0.29, 0.717) is 28.2 Å². The Balaban J connectivity index is 1.40. The lowest BCUT2D eigenvalue weighted by atomic mass is 10.2. The van der Waals surface area contributed by atoms with Crippen LogP contribution in [0.1, 0.15) is 21.5 Å². The molecule has 2 amide bonds. The lowest BCUT2D eigenvalue weighted by Crippen LogP contribution is -2.27. The number of benzene rings is 3. The summed E-state index contributed by atoms with van der Waals surface area (Å²) >= 11 is 0.814. The van der Waals surface area contributed by atoms with E-state index in [0.717, 1.165) is 16.7 Å². The maximum Gasteiger partial charge on any atom is 0.343 e. The molecule has 10 heteroatoms.